The molecule has 2 N–H and O–H groups in total. The third-order valence-electron chi connectivity index (χ3n) is 4.97. The minimum absolute atomic E-state index is 0.123. The molecule has 0 aromatic rings. The van der Waals surface area contributed by atoms with Crippen molar-refractivity contribution in [2.75, 3.05) is 0 Å². The predicted octanol–water partition coefficient (Wildman–Crippen LogP) is 2.89. The van der Waals surface area contributed by atoms with Crippen molar-refractivity contribution in [2.45, 2.75) is 64.6 Å². The van der Waals surface area contributed by atoms with Crippen LogP contribution in [0, 0.1) is 17.8 Å². The summed E-state index contributed by atoms with van der Waals surface area (Å²) in [5.74, 6) is 0.854. The fraction of sp³-hybridized carbons (Fsp3) is 0.867. The first-order valence-corrected chi connectivity index (χ1v) is 6.89. The Hall–Kier alpha value is -0.340. The SMILES string of the molecule is CC(C)C1=C[C@@H]2[C@@H](CC[C@@]2(C)O)[C@@](C)(O)CC1. The second-order valence-electron chi connectivity index (χ2n) is 6.78. The van der Waals surface area contributed by atoms with E-state index in [1.54, 1.807) is 0 Å². The molecule has 2 aliphatic carbocycles. The number of hydrogen-bond acceptors (Lipinski definition) is 2. The van der Waals surface area contributed by atoms with E-state index < -0.39 is 11.2 Å². The molecule has 1 saturated carbocycles. The van der Waals surface area contributed by atoms with Crippen LogP contribution in [-0.4, -0.2) is 21.4 Å². The smallest absolute Gasteiger partial charge is 0.0686 e. The van der Waals surface area contributed by atoms with E-state index in [0.717, 1.165) is 25.7 Å². The van der Waals surface area contributed by atoms with Gasteiger partial charge in [0.05, 0.1) is 11.2 Å². The second-order valence-corrected chi connectivity index (χ2v) is 6.78. The van der Waals surface area contributed by atoms with Gasteiger partial charge in [-0.15, -0.1) is 0 Å². The van der Waals surface area contributed by atoms with Crippen LogP contribution in [0.25, 0.3) is 0 Å². The molecule has 2 nitrogen and oxygen atoms in total. The average molecular weight is 238 g/mol. The zero-order valence-corrected chi connectivity index (χ0v) is 11.5. The van der Waals surface area contributed by atoms with Crippen LogP contribution in [0.15, 0.2) is 11.6 Å². The standard InChI is InChI=1S/C15H26O2/c1-10(2)11-5-7-14(3,16)12-6-8-15(4,17)13(12)9-11/h9-10,12-13,16-17H,5-8H2,1-4H3/t12-,13-,14+,15-/m1/s1. The van der Waals surface area contributed by atoms with Crippen LogP contribution in [0.3, 0.4) is 0 Å². The Morgan fingerprint density at radius 1 is 1.18 bits per heavy atom. The molecule has 17 heavy (non-hydrogen) atoms. The van der Waals surface area contributed by atoms with E-state index in [4.69, 9.17) is 0 Å². The van der Waals surface area contributed by atoms with E-state index in [2.05, 4.69) is 19.9 Å². The van der Waals surface area contributed by atoms with Gasteiger partial charge in [-0.2, -0.15) is 0 Å². The van der Waals surface area contributed by atoms with Gasteiger partial charge in [0.2, 0.25) is 0 Å². The molecular formula is C15H26O2. The van der Waals surface area contributed by atoms with Gasteiger partial charge in [0.15, 0.2) is 0 Å². The van der Waals surface area contributed by atoms with E-state index in [1.807, 2.05) is 13.8 Å². The van der Waals surface area contributed by atoms with E-state index >= 15 is 0 Å². The Bertz CT molecular complexity index is 326. The van der Waals surface area contributed by atoms with E-state index in [0.29, 0.717) is 5.92 Å². The van der Waals surface area contributed by atoms with Crippen molar-refractivity contribution in [3.63, 3.8) is 0 Å². The largest absolute Gasteiger partial charge is 0.390 e. The van der Waals surface area contributed by atoms with Gasteiger partial charge in [-0.1, -0.05) is 25.5 Å². The Kier molecular flexibility index (Phi) is 3.16. The maximum absolute atomic E-state index is 10.6. The van der Waals surface area contributed by atoms with Gasteiger partial charge >= 0.3 is 0 Å². The molecule has 1 fully saturated rings. The number of aliphatic hydroxyl groups is 2. The minimum Gasteiger partial charge on any atom is -0.390 e. The molecule has 0 aliphatic heterocycles. The molecule has 2 aliphatic rings. The minimum atomic E-state index is -0.640. The summed E-state index contributed by atoms with van der Waals surface area (Å²) in [6, 6.07) is 0. The predicted molar refractivity (Wildman–Crippen MR) is 69.6 cm³/mol. The van der Waals surface area contributed by atoms with E-state index in [9.17, 15) is 10.2 Å². The summed E-state index contributed by atoms with van der Waals surface area (Å²) in [5.41, 5.74) is 0.136. The maximum Gasteiger partial charge on any atom is 0.0686 e. The lowest BCUT2D eigenvalue weighted by Crippen LogP contribution is -2.40. The molecule has 4 atom stereocenters. The molecule has 0 aromatic carbocycles. The molecule has 2 rings (SSSR count). The zero-order chi connectivity index (χ0) is 12.8. The van der Waals surface area contributed by atoms with Crippen molar-refractivity contribution >= 4 is 0 Å². The van der Waals surface area contributed by atoms with Crippen LogP contribution in [0.1, 0.15) is 53.4 Å². The van der Waals surface area contributed by atoms with Gasteiger partial charge in [0, 0.05) is 5.92 Å². The molecule has 0 spiro atoms. The van der Waals surface area contributed by atoms with Crippen molar-refractivity contribution in [1.29, 1.82) is 0 Å². The van der Waals surface area contributed by atoms with Crippen molar-refractivity contribution in [2.24, 2.45) is 17.8 Å². The van der Waals surface area contributed by atoms with Crippen LogP contribution in [0.4, 0.5) is 0 Å². The van der Waals surface area contributed by atoms with Crippen molar-refractivity contribution in [1.82, 2.24) is 0 Å². The summed E-state index contributed by atoms with van der Waals surface area (Å²) in [6.07, 6.45) is 5.80. The van der Waals surface area contributed by atoms with Crippen LogP contribution < -0.4 is 0 Å². The molecule has 2 heteroatoms. The Morgan fingerprint density at radius 3 is 2.41 bits per heavy atom. The Labute approximate surface area is 105 Å². The lowest BCUT2D eigenvalue weighted by atomic mass is 9.77. The molecule has 0 aromatic heterocycles. The normalized spacial score (nSPS) is 46.6. The third kappa shape index (κ3) is 2.30. The summed E-state index contributed by atoms with van der Waals surface area (Å²) in [7, 11) is 0. The quantitative estimate of drug-likeness (QED) is 0.690. The van der Waals surface area contributed by atoms with Gasteiger partial charge in [-0.25, -0.2) is 0 Å². The Morgan fingerprint density at radius 2 is 1.82 bits per heavy atom. The highest BCUT2D eigenvalue weighted by Gasteiger charge is 2.50. The van der Waals surface area contributed by atoms with Crippen LogP contribution in [0.2, 0.25) is 0 Å². The van der Waals surface area contributed by atoms with E-state index in [1.165, 1.54) is 5.57 Å². The van der Waals surface area contributed by atoms with Gasteiger partial charge in [-0.05, 0) is 51.4 Å². The Balaban J connectivity index is 2.37. The highest BCUT2D eigenvalue weighted by atomic mass is 16.3. The molecule has 0 radical (unpaired) electrons. The van der Waals surface area contributed by atoms with Crippen LogP contribution >= 0.6 is 0 Å². The zero-order valence-electron chi connectivity index (χ0n) is 11.5. The monoisotopic (exact) mass is 238 g/mol. The molecule has 98 valence electrons. The summed E-state index contributed by atoms with van der Waals surface area (Å²) in [4.78, 5) is 0. The summed E-state index contributed by atoms with van der Waals surface area (Å²) in [6.45, 7) is 8.27. The van der Waals surface area contributed by atoms with Gasteiger partial charge in [0.25, 0.3) is 0 Å². The third-order valence-corrected chi connectivity index (χ3v) is 4.97. The molecule has 0 amide bonds. The molecular weight excluding hydrogens is 212 g/mol. The van der Waals surface area contributed by atoms with Crippen molar-refractivity contribution in [3.8, 4) is 0 Å². The highest BCUT2D eigenvalue weighted by molar-refractivity contribution is 5.19. The lowest BCUT2D eigenvalue weighted by molar-refractivity contribution is -0.0419. The van der Waals surface area contributed by atoms with Gasteiger partial charge in [-0.3, -0.25) is 0 Å². The van der Waals surface area contributed by atoms with Crippen molar-refractivity contribution < 1.29 is 10.2 Å². The topological polar surface area (TPSA) is 40.5 Å². The van der Waals surface area contributed by atoms with Gasteiger partial charge < -0.3 is 10.2 Å². The highest BCUT2D eigenvalue weighted by Crippen LogP contribution is 2.50. The summed E-state index contributed by atoms with van der Waals surface area (Å²) < 4.78 is 0. The fourth-order valence-electron chi connectivity index (χ4n) is 3.60. The fourth-order valence-corrected chi connectivity index (χ4v) is 3.60. The number of allylic oxidation sites excluding steroid dienone is 1. The molecule has 0 bridgehead atoms. The first-order chi connectivity index (χ1) is 7.74. The number of rotatable bonds is 1. The number of fused-ring (bicyclic) bond motifs is 1. The lowest BCUT2D eigenvalue weighted by Gasteiger charge is -2.34. The molecule has 0 heterocycles. The maximum atomic E-state index is 10.6. The average Bonchev–Trinajstić information content (AvgIpc) is 2.39. The van der Waals surface area contributed by atoms with Crippen LogP contribution in [0.5, 0.6) is 0 Å². The first kappa shape index (κ1) is 13.1. The number of hydrogen-bond donors (Lipinski definition) is 2. The summed E-state index contributed by atoms with van der Waals surface area (Å²) >= 11 is 0. The van der Waals surface area contributed by atoms with Crippen LogP contribution in [-0.2, 0) is 0 Å². The van der Waals surface area contributed by atoms with Crippen molar-refractivity contribution in [3.05, 3.63) is 11.6 Å². The van der Waals surface area contributed by atoms with Gasteiger partial charge in [0.1, 0.15) is 0 Å². The first-order valence-electron chi connectivity index (χ1n) is 6.89. The molecule has 0 unspecified atom stereocenters. The molecule has 0 saturated heterocycles. The summed E-state index contributed by atoms with van der Waals surface area (Å²) in [5, 5.41) is 21.1. The second kappa shape index (κ2) is 4.10. The van der Waals surface area contributed by atoms with E-state index in [-0.39, 0.29) is 11.8 Å².